The summed E-state index contributed by atoms with van der Waals surface area (Å²) >= 11 is 0. The molecule has 0 saturated heterocycles. The molecule has 1 aromatic rings. The Bertz CT molecular complexity index is 1180. The molecule has 252 valence electrons. The highest BCUT2D eigenvalue weighted by Gasteiger charge is 2.60. The lowest BCUT2D eigenvalue weighted by Crippen LogP contribution is -2.54. The van der Waals surface area contributed by atoms with Crippen LogP contribution < -0.4 is 9.47 Å². The third-order valence-corrected chi connectivity index (χ3v) is 14.0. The van der Waals surface area contributed by atoms with Gasteiger partial charge in [0.15, 0.2) is 11.5 Å². The Morgan fingerprint density at radius 2 is 1.60 bits per heavy atom. The van der Waals surface area contributed by atoms with Gasteiger partial charge in [-0.2, -0.15) is 0 Å². The minimum Gasteiger partial charge on any atom is -0.502 e. The molecule has 4 saturated carbocycles. The molecular formula is C40H62O5. The Morgan fingerprint density at radius 3 is 2.24 bits per heavy atom. The van der Waals surface area contributed by atoms with Gasteiger partial charge in [-0.25, -0.2) is 4.79 Å². The summed E-state index contributed by atoms with van der Waals surface area (Å²) in [4.78, 5) is 12.9. The second kappa shape index (κ2) is 13.9. The average molecular weight is 623 g/mol. The van der Waals surface area contributed by atoms with Gasteiger partial charge in [-0.15, -0.1) is 0 Å². The molecule has 1 N–H and O–H groups in total. The molecule has 5 nitrogen and oxygen atoms in total. The summed E-state index contributed by atoms with van der Waals surface area (Å²) in [5.74, 6) is 6.91. The summed E-state index contributed by atoms with van der Waals surface area (Å²) in [5, 5.41) is 10.2. The van der Waals surface area contributed by atoms with Crippen LogP contribution in [0.25, 0.3) is 6.08 Å². The Kier molecular flexibility index (Phi) is 10.6. The molecule has 0 aromatic heterocycles. The van der Waals surface area contributed by atoms with Gasteiger partial charge in [0, 0.05) is 6.08 Å². The second-order valence-electron chi connectivity index (χ2n) is 16.3. The Morgan fingerprint density at radius 1 is 0.933 bits per heavy atom. The van der Waals surface area contributed by atoms with Crippen molar-refractivity contribution < 1.29 is 24.1 Å². The van der Waals surface area contributed by atoms with Gasteiger partial charge in [0.2, 0.25) is 5.75 Å². The van der Waals surface area contributed by atoms with E-state index in [0.29, 0.717) is 33.8 Å². The molecule has 0 bridgehead atoms. The van der Waals surface area contributed by atoms with Gasteiger partial charge in [0.05, 0.1) is 14.2 Å². The van der Waals surface area contributed by atoms with Crippen LogP contribution in [0.2, 0.25) is 0 Å². The van der Waals surface area contributed by atoms with Crippen molar-refractivity contribution in [1.82, 2.24) is 0 Å². The predicted octanol–water partition coefficient (Wildman–Crippen LogP) is 10.1. The van der Waals surface area contributed by atoms with Crippen molar-refractivity contribution in [2.45, 2.75) is 125 Å². The number of carbonyl (C=O) groups excluding carboxylic acids is 1. The van der Waals surface area contributed by atoms with E-state index in [4.69, 9.17) is 14.2 Å². The first-order valence-electron chi connectivity index (χ1n) is 18.3. The van der Waals surface area contributed by atoms with E-state index in [2.05, 4.69) is 41.5 Å². The number of fused-ring (bicyclic) bond motifs is 5. The summed E-state index contributed by atoms with van der Waals surface area (Å²) in [6.45, 7) is 15.1. The second-order valence-corrected chi connectivity index (χ2v) is 16.3. The highest BCUT2D eigenvalue weighted by atomic mass is 16.5. The van der Waals surface area contributed by atoms with Gasteiger partial charge in [0.25, 0.3) is 0 Å². The number of rotatable bonds is 11. The number of aromatic hydroxyl groups is 1. The van der Waals surface area contributed by atoms with Crippen LogP contribution in [0.15, 0.2) is 18.2 Å². The molecule has 1 aromatic carbocycles. The van der Waals surface area contributed by atoms with Crippen LogP contribution in [0.1, 0.15) is 124 Å². The van der Waals surface area contributed by atoms with Gasteiger partial charge < -0.3 is 19.3 Å². The van der Waals surface area contributed by atoms with Crippen LogP contribution in [0.4, 0.5) is 0 Å². The number of ether oxygens (including phenoxy) is 3. The lowest BCUT2D eigenvalue weighted by atomic mass is 9.44. The smallest absolute Gasteiger partial charge is 0.331 e. The molecule has 5 heteroatoms. The topological polar surface area (TPSA) is 65.0 Å². The summed E-state index contributed by atoms with van der Waals surface area (Å²) in [7, 11) is 2.99. The summed E-state index contributed by atoms with van der Waals surface area (Å²) < 4.78 is 16.5. The fourth-order valence-electron chi connectivity index (χ4n) is 11.4. The quantitative estimate of drug-likeness (QED) is 0.197. The predicted molar refractivity (Wildman–Crippen MR) is 182 cm³/mol. The third-order valence-electron chi connectivity index (χ3n) is 14.0. The van der Waals surface area contributed by atoms with Crippen molar-refractivity contribution in [3.8, 4) is 17.2 Å². The number of hydrogen-bond donors (Lipinski definition) is 1. The molecule has 45 heavy (non-hydrogen) atoms. The molecule has 0 aliphatic heterocycles. The molecule has 0 spiro atoms. The Balaban J connectivity index is 1.18. The lowest BCUT2D eigenvalue weighted by molar-refractivity contribution is -0.157. The highest BCUT2D eigenvalue weighted by molar-refractivity contribution is 5.87. The fraction of sp³-hybridized carbons (Fsp3) is 0.775. The molecule has 4 aliphatic carbocycles. The van der Waals surface area contributed by atoms with Gasteiger partial charge in [0.1, 0.15) is 6.10 Å². The first-order valence-corrected chi connectivity index (χ1v) is 18.3. The fourth-order valence-corrected chi connectivity index (χ4v) is 11.4. The van der Waals surface area contributed by atoms with Crippen LogP contribution >= 0.6 is 0 Å². The minimum absolute atomic E-state index is 0.0102. The van der Waals surface area contributed by atoms with Gasteiger partial charge in [-0.05, 0) is 146 Å². The standard InChI is InChI=1S/C40H62O5/c1-9-28(25(2)3)12-10-26(4)32-15-16-33-31-14-13-29-24-30(18-20-39(29,5)34(31)19-21-40(32,33)6)45-37(41)17-11-27-22-35(43-7)38(42)36(23-27)44-8/h11,17,22-23,25-26,28-34,42H,9-10,12-16,18-21,24H2,1-8H3/b17-11+/t26-,28-,29?,30?,31+,32-,33+,34+,39+,40-/m1/s1. The van der Waals surface area contributed by atoms with Crippen molar-refractivity contribution in [2.24, 2.45) is 58.2 Å². The van der Waals surface area contributed by atoms with Crippen molar-refractivity contribution in [2.75, 3.05) is 14.2 Å². The van der Waals surface area contributed by atoms with E-state index in [-0.39, 0.29) is 17.8 Å². The number of carbonyl (C=O) groups is 1. The SMILES string of the molecule is CC[C@H](CC[C@@H](C)[C@H]1CC[C@H]2[C@@H]3CCC4CC(OC(=O)/C=C/c5cc(OC)c(O)c(OC)c5)CC[C@]4(C)[C@H]3CC[C@]12C)C(C)C. The van der Waals surface area contributed by atoms with Crippen LogP contribution in [0.3, 0.4) is 0 Å². The average Bonchev–Trinajstić information content (AvgIpc) is 3.38. The maximum Gasteiger partial charge on any atom is 0.331 e. The van der Waals surface area contributed by atoms with Crippen LogP contribution in [-0.4, -0.2) is 31.4 Å². The summed E-state index contributed by atoms with van der Waals surface area (Å²) in [6.07, 6.45) is 18.8. The zero-order valence-corrected chi connectivity index (χ0v) is 29.6. The van der Waals surface area contributed by atoms with Gasteiger partial charge in [-0.3, -0.25) is 0 Å². The van der Waals surface area contributed by atoms with Crippen molar-refractivity contribution in [3.05, 3.63) is 23.8 Å². The lowest BCUT2D eigenvalue weighted by Gasteiger charge is -2.61. The van der Waals surface area contributed by atoms with Gasteiger partial charge in [-0.1, -0.05) is 54.4 Å². The zero-order valence-electron chi connectivity index (χ0n) is 29.6. The molecule has 2 unspecified atom stereocenters. The largest absolute Gasteiger partial charge is 0.502 e. The minimum atomic E-state index is -0.304. The maximum atomic E-state index is 12.9. The van der Waals surface area contributed by atoms with Crippen molar-refractivity contribution >= 4 is 12.0 Å². The molecule has 5 rings (SSSR count). The highest BCUT2D eigenvalue weighted by Crippen LogP contribution is 2.68. The first-order chi connectivity index (χ1) is 21.4. The monoisotopic (exact) mass is 622 g/mol. The Hall–Kier alpha value is -2.17. The van der Waals surface area contributed by atoms with E-state index in [1.54, 1.807) is 18.2 Å². The van der Waals surface area contributed by atoms with Crippen molar-refractivity contribution in [3.63, 3.8) is 0 Å². The molecule has 0 amide bonds. The van der Waals surface area contributed by atoms with E-state index in [9.17, 15) is 9.90 Å². The molecule has 0 radical (unpaired) electrons. The van der Waals surface area contributed by atoms with E-state index in [0.717, 1.165) is 54.3 Å². The number of phenolic OH excluding ortho intramolecular Hbond substituents is 1. The maximum absolute atomic E-state index is 12.9. The van der Waals surface area contributed by atoms with E-state index < -0.39 is 0 Å². The molecule has 4 fully saturated rings. The number of hydrogen-bond acceptors (Lipinski definition) is 5. The van der Waals surface area contributed by atoms with Crippen molar-refractivity contribution in [1.29, 1.82) is 0 Å². The molecule has 0 heterocycles. The molecular weight excluding hydrogens is 560 g/mol. The molecule has 10 atom stereocenters. The number of methoxy groups -OCH3 is 2. The number of esters is 1. The van der Waals surface area contributed by atoms with Crippen LogP contribution in [0.5, 0.6) is 17.2 Å². The zero-order chi connectivity index (χ0) is 32.5. The van der Waals surface area contributed by atoms with Gasteiger partial charge >= 0.3 is 5.97 Å². The Labute approximate surface area is 273 Å². The number of phenols is 1. The van der Waals surface area contributed by atoms with E-state index in [1.807, 2.05) is 0 Å². The van der Waals surface area contributed by atoms with E-state index >= 15 is 0 Å². The summed E-state index contributed by atoms with van der Waals surface area (Å²) in [6, 6.07) is 3.37. The van der Waals surface area contributed by atoms with Crippen LogP contribution in [0, 0.1) is 58.2 Å². The first kappa shape index (κ1) is 34.2. The third kappa shape index (κ3) is 6.66. The number of benzene rings is 1. The molecule has 4 aliphatic rings. The van der Waals surface area contributed by atoms with E-state index in [1.165, 1.54) is 84.5 Å². The summed E-state index contributed by atoms with van der Waals surface area (Å²) in [5.41, 5.74) is 1.60. The van der Waals surface area contributed by atoms with Crippen LogP contribution in [-0.2, 0) is 9.53 Å². The normalized spacial score (nSPS) is 35.8.